The molecule has 33 heavy (non-hydrogen) atoms. The van der Waals surface area contributed by atoms with Crippen LogP contribution < -0.4 is 10.1 Å². The first-order valence-corrected chi connectivity index (χ1v) is 11.1. The zero-order chi connectivity index (χ0) is 23.1. The molecule has 1 heterocycles. The highest BCUT2D eigenvalue weighted by molar-refractivity contribution is 5.90. The lowest BCUT2D eigenvalue weighted by Gasteiger charge is -2.12. The molecule has 0 unspecified atom stereocenters. The van der Waals surface area contributed by atoms with Crippen LogP contribution in [0.15, 0.2) is 84.1 Å². The number of aliphatic imine (C=N–C) groups is 1. The van der Waals surface area contributed by atoms with Crippen LogP contribution in [0.2, 0.25) is 0 Å². The van der Waals surface area contributed by atoms with E-state index in [9.17, 15) is 4.79 Å². The topological polar surface area (TPSA) is 87.4 Å². The first-order valence-electron chi connectivity index (χ1n) is 11.1. The van der Waals surface area contributed by atoms with E-state index in [1.807, 2.05) is 54.7 Å². The molecule has 6 nitrogen and oxygen atoms in total. The normalized spacial score (nSPS) is 10.9. The number of nitrogens with one attached hydrogen (secondary N) is 1. The van der Waals surface area contributed by atoms with Crippen molar-refractivity contribution in [2.45, 2.75) is 32.1 Å². The third-order valence-corrected chi connectivity index (χ3v) is 5.13. The Morgan fingerprint density at radius 3 is 2.52 bits per heavy atom. The third-order valence-electron chi connectivity index (χ3n) is 5.13. The number of hydrogen-bond acceptors (Lipinski definition) is 5. The highest BCUT2D eigenvalue weighted by Gasteiger charge is 2.08. The van der Waals surface area contributed by atoms with E-state index in [0.29, 0.717) is 38.1 Å². The number of nitriles is 1. The Morgan fingerprint density at radius 1 is 0.970 bits per heavy atom. The molecule has 0 spiro atoms. The number of ether oxygens (including phenoxy) is 1. The molecule has 0 fully saturated rings. The summed E-state index contributed by atoms with van der Waals surface area (Å²) in [6, 6.07) is 22.0. The molecule has 0 aliphatic carbocycles. The molecule has 0 saturated heterocycles. The monoisotopic (exact) mass is 440 g/mol. The molecule has 1 N–H and O–H groups in total. The summed E-state index contributed by atoms with van der Waals surface area (Å²) in [5.74, 6) is 0.831. The molecule has 0 aliphatic heterocycles. The number of benzene rings is 2. The fourth-order valence-corrected chi connectivity index (χ4v) is 3.42. The molecule has 1 amide bonds. The van der Waals surface area contributed by atoms with Gasteiger partial charge in [0.2, 0.25) is 12.1 Å². The fraction of sp³-hybridized carbons (Fsp3) is 0.259. The molecule has 0 aliphatic rings. The predicted octanol–water partition coefficient (Wildman–Crippen LogP) is 4.97. The van der Waals surface area contributed by atoms with E-state index in [1.54, 1.807) is 12.4 Å². The first kappa shape index (κ1) is 23.7. The number of hydrogen-bond donors (Lipinski definition) is 1. The SMILES string of the molecule is N#CN=C(CCC(=O)NCCCCOc1ccccc1-c1ccccc1)Cc1ccncc1. The number of carbonyl (C=O) groups is 1. The zero-order valence-corrected chi connectivity index (χ0v) is 18.6. The number of para-hydroxylation sites is 1. The summed E-state index contributed by atoms with van der Waals surface area (Å²) >= 11 is 0. The van der Waals surface area contributed by atoms with Crippen LogP contribution >= 0.6 is 0 Å². The van der Waals surface area contributed by atoms with Gasteiger partial charge in [0.15, 0.2) is 0 Å². The van der Waals surface area contributed by atoms with Crippen molar-refractivity contribution in [2.24, 2.45) is 4.99 Å². The number of amides is 1. The van der Waals surface area contributed by atoms with Crippen LogP contribution in [-0.2, 0) is 11.2 Å². The Morgan fingerprint density at radius 2 is 1.73 bits per heavy atom. The van der Waals surface area contributed by atoms with Crippen LogP contribution in [0.4, 0.5) is 0 Å². The molecular weight excluding hydrogens is 412 g/mol. The van der Waals surface area contributed by atoms with Crippen molar-refractivity contribution in [2.75, 3.05) is 13.2 Å². The lowest BCUT2D eigenvalue weighted by molar-refractivity contribution is -0.120. The summed E-state index contributed by atoms with van der Waals surface area (Å²) in [4.78, 5) is 20.0. The van der Waals surface area contributed by atoms with Crippen LogP contribution in [0.25, 0.3) is 11.1 Å². The summed E-state index contributed by atoms with van der Waals surface area (Å²) in [5.41, 5.74) is 3.93. The van der Waals surface area contributed by atoms with Gasteiger partial charge in [-0.15, -0.1) is 0 Å². The minimum Gasteiger partial charge on any atom is -0.493 e. The van der Waals surface area contributed by atoms with Crippen molar-refractivity contribution in [3.8, 4) is 23.1 Å². The minimum absolute atomic E-state index is 0.0364. The molecule has 2 aromatic carbocycles. The van der Waals surface area contributed by atoms with Crippen molar-refractivity contribution >= 4 is 11.6 Å². The second kappa shape index (κ2) is 13.4. The van der Waals surface area contributed by atoms with Gasteiger partial charge in [-0.2, -0.15) is 10.3 Å². The quantitative estimate of drug-likeness (QED) is 0.245. The maximum atomic E-state index is 12.2. The summed E-state index contributed by atoms with van der Waals surface area (Å²) in [6.45, 7) is 1.18. The van der Waals surface area contributed by atoms with Gasteiger partial charge in [-0.25, -0.2) is 0 Å². The molecule has 0 radical (unpaired) electrons. The van der Waals surface area contributed by atoms with E-state index in [-0.39, 0.29) is 5.91 Å². The van der Waals surface area contributed by atoms with Gasteiger partial charge < -0.3 is 10.1 Å². The highest BCUT2D eigenvalue weighted by Crippen LogP contribution is 2.29. The first-order chi connectivity index (χ1) is 16.3. The van der Waals surface area contributed by atoms with Crippen molar-refractivity contribution in [1.29, 1.82) is 5.26 Å². The smallest absolute Gasteiger partial charge is 0.220 e. The molecule has 3 rings (SSSR count). The van der Waals surface area contributed by atoms with E-state index in [2.05, 4.69) is 33.5 Å². The molecule has 3 aromatic rings. The second-order valence-corrected chi connectivity index (χ2v) is 7.58. The largest absolute Gasteiger partial charge is 0.493 e. The van der Waals surface area contributed by atoms with E-state index in [1.165, 1.54) is 0 Å². The van der Waals surface area contributed by atoms with Gasteiger partial charge in [0.05, 0.1) is 6.61 Å². The van der Waals surface area contributed by atoms with E-state index in [4.69, 9.17) is 10.00 Å². The number of unbranched alkanes of at least 4 members (excludes halogenated alkanes) is 1. The molecule has 0 bridgehead atoms. The summed E-state index contributed by atoms with van der Waals surface area (Å²) in [6.07, 6.45) is 8.23. The maximum absolute atomic E-state index is 12.2. The average Bonchev–Trinajstić information content (AvgIpc) is 2.86. The average molecular weight is 441 g/mol. The second-order valence-electron chi connectivity index (χ2n) is 7.58. The van der Waals surface area contributed by atoms with Crippen LogP contribution in [-0.4, -0.2) is 29.8 Å². The number of pyridine rings is 1. The molecule has 0 saturated carbocycles. The van der Waals surface area contributed by atoms with Crippen LogP contribution in [0.1, 0.15) is 31.2 Å². The van der Waals surface area contributed by atoms with Gasteiger partial charge in [-0.3, -0.25) is 9.78 Å². The van der Waals surface area contributed by atoms with E-state index < -0.39 is 0 Å². The Labute approximate surface area is 195 Å². The van der Waals surface area contributed by atoms with Gasteiger partial charge in [0.25, 0.3) is 0 Å². The minimum atomic E-state index is -0.0364. The summed E-state index contributed by atoms with van der Waals surface area (Å²) in [7, 11) is 0. The van der Waals surface area contributed by atoms with Crippen molar-refractivity contribution < 1.29 is 9.53 Å². The van der Waals surface area contributed by atoms with Gasteiger partial charge >= 0.3 is 0 Å². The standard InChI is InChI=1S/C27H28N4O2/c28-21-31-24(20-22-14-17-29-18-15-22)12-13-27(32)30-16-6-7-19-33-26-11-5-4-10-25(26)23-8-2-1-3-9-23/h1-5,8-11,14-15,17-18H,6-7,12-13,16,19-20H2,(H,30,32). The maximum Gasteiger partial charge on any atom is 0.220 e. The Balaban J connectivity index is 1.34. The van der Waals surface area contributed by atoms with Gasteiger partial charge in [0.1, 0.15) is 5.75 Å². The van der Waals surface area contributed by atoms with Crippen molar-refractivity contribution in [1.82, 2.24) is 10.3 Å². The lowest BCUT2D eigenvalue weighted by atomic mass is 10.1. The number of carbonyl (C=O) groups excluding carboxylic acids is 1. The molecule has 6 heteroatoms. The predicted molar refractivity (Wildman–Crippen MR) is 130 cm³/mol. The van der Waals surface area contributed by atoms with E-state index in [0.717, 1.165) is 35.3 Å². The van der Waals surface area contributed by atoms with Crippen LogP contribution in [0, 0.1) is 11.5 Å². The van der Waals surface area contributed by atoms with Crippen molar-refractivity contribution in [3.05, 3.63) is 84.7 Å². The molecular formula is C27H28N4O2. The Hall–Kier alpha value is -3.98. The van der Waals surface area contributed by atoms with Gasteiger partial charge in [-0.05, 0) is 48.6 Å². The number of aromatic nitrogens is 1. The summed E-state index contributed by atoms with van der Waals surface area (Å²) in [5, 5.41) is 11.8. The molecule has 0 atom stereocenters. The van der Waals surface area contributed by atoms with Gasteiger partial charge in [0, 0.05) is 43.1 Å². The van der Waals surface area contributed by atoms with Crippen LogP contribution in [0.3, 0.4) is 0 Å². The molecule has 1 aromatic heterocycles. The Kier molecular flexibility index (Phi) is 9.64. The lowest BCUT2D eigenvalue weighted by Crippen LogP contribution is -2.25. The van der Waals surface area contributed by atoms with Gasteiger partial charge in [-0.1, -0.05) is 48.5 Å². The van der Waals surface area contributed by atoms with Crippen molar-refractivity contribution in [3.63, 3.8) is 0 Å². The van der Waals surface area contributed by atoms with Crippen LogP contribution in [0.5, 0.6) is 5.75 Å². The summed E-state index contributed by atoms with van der Waals surface area (Å²) < 4.78 is 6.00. The molecule has 168 valence electrons. The third kappa shape index (κ3) is 8.23. The number of nitrogens with zero attached hydrogens (tertiary/aromatic N) is 3. The van der Waals surface area contributed by atoms with E-state index >= 15 is 0 Å². The zero-order valence-electron chi connectivity index (χ0n) is 18.6. The fourth-order valence-electron chi connectivity index (χ4n) is 3.42. The highest BCUT2D eigenvalue weighted by atomic mass is 16.5. The Bertz CT molecular complexity index is 1080. The number of rotatable bonds is 12.